The summed E-state index contributed by atoms with van der Waals surface area (Å²) in [7, 11) is 0. The molecule has 114 valence electrons. The molecule has 0 fully saturated rings. The molecule has 0 amide bonds. The predicted octanol–water partition coefficient (Wildman–Crippen LogP) is 6.03. The first-order valence-electron chi connectivity index (χ1n) is 7.72. The summed E-state index contributed by atoms with van der Waals surface area (Å²) in [5, 5.41) is 12.8. The lowest BCUT2D eigenvalue weighted by Crippen LogP contribution is -2.10. The van der Waals surface area contributed by atoms with Gasteiger partial charge in [0.25, 0.3) is 0 Å². The molecule has 1 nitrogen and oxygen atoms in total. The highest BCUT2D eigenvalue weighted by Gasteiger charge is 2.31. The topological polar surface area (TPSA) is 20.2 Å². The number of phenols is 1. The van der Waals surface area contributed by atoms with Gasteiger partial charge in [-0.15, -0.1) is 0 Å². The zero-order chi connectivity index (χ0) is 16.2. The van der Waals surface area contributed by atoms with Crippen LogP contribution in [0, 0.1) is 0 Å². The number of halogens is 1. The number of hydrogen-bond donors (Lipinski definition) is 1. The van der Waals surface area contributed by atoms with Crippen molar-refractivity contribution in [2.75, 3.05) is 0 Å². The predicted molar refractivity (Wildman–Crippen MR) is 99.9 cm³/mol. The number of benzene rings is 3. The fraction of sp³-hybridized carbons (Fsp3) is 0.143. The average molecular weight is 365 g/mol. The number of phenolic OH excluding ortho intramolecular Hbond substituents is 1. The Labute approximate surface area is 144 Å². The van der Waals surface area contributed by atoms with Gasteiger partial charge in [-0.05, 0) is 45.7 Å². The summed E-state index contributed by atoms with van der Waals surface area (Å²) < 4.78 is 1.04. The van der Waals surface area contributed by atoms with E-state index < -0.39 is 0 Å². The highest BCUT2D eigenvalue weighted by molar-refractivity contribution is 9.10. The molecule has 0 saturated carbocycles. The minimum atomic E-state index is -0.0319. The van der Waals surface area contributed by atoms with Gasteiger partial charge in [-0.25, -0.2) is 0 Å². The van der Waals surface area contributed by atoms with E-state index in [1.54, 1.807) is 6.07 Å². The van der Waals surface area contributed by atoms with E-state index >= 15 is 0 Å². The van der Waals surface area contributed by atoms with Crippen molar-refractivity contribution in [2.45, 2.75) is 19.3 Å². The van der Waals surface area contributed by atoms with Gasteiger partial charge in [-0.2, -0.15) is 0 Å². The third kappa shape index (κ3) is 2.21. The Kier molecular flexibility index (Phi) is 3.14. The van der Waals surface area contributed by atoms with Gasteiger partial charge in [-0.3, -0.25) is 0 Å². The maximum absolute atomic E-state index is 10.6. The molecule has 1 aliphatic rings. The van der Waals surface area contributed by atoms with Crippen LogP contribution in [0.5, 0.6) is 5.75 Å². The molecular formula is C21H17BrO. The van der Waals surface area contributed by atoms with Gasteiger partial charge in [0.05, 0.1) is 0 Å². The second-order valence-electron chi connectivity index (χ2n) is 6.65. The van der Waals surface area contributed by atoms with Crippen LogP contribution < -0.4 is 0 Å². The Morgan fingerprint density at radius 1 is 0.957 bits per heavy atom. The lowest BCUT2D eigenvalue weighted by Gasteiger charge is -2.16. The maximum Gasteiger partial charge on any atom is 0.124 e. The SMILES string of the molecule is CC1(C)C=C(c2c(O)ccc3cc(Br)ccc23)c2ccccc21. The summed E-state index contributed by atoms with van der Waals surface area (Å²) in [6, 6.07) is 18.4. The first kappa shape index (κ1) is 14.5. The molecule has 23 heavy (non-hydrogen) atoms. The number of hydrogen-bond acceptors (Lipinski definition) is 1. The molecule has 0 spiro atoms. The van der Waals surface area contributed by atoms with Crippen LogP contribution in [-0.4, -0.2) is 5.11 Å². The Morgan fingerprint density at radius 3 is 2.57 bits per heavy atom. The highest BCUT2D eigenvalue weighted by atomic mass is 79.9. The van der Waals surface area contributed by atoms with Crippen LogP contribution in [0.1, 0.15) is 30.5 Å². The lowest BCUT2D eigenvalue weighted by molar-refractivity contribution is 0.474. The van der Waals surface area contributed by atoms with Crippen LogP contribution in [0.2, 0.25) is 0 Å². The van der Waals surface area contributed by atoms with Crippen molar-refractivity contribution in [1.29, 1.82) is 0 Å². The van der Waals surface area contributed by atoms with Crippen molar-refractivity contribution in [1.82, 2.24) is 0 Å². The molecule has 1 aliphatic carbocycles. The fourth-order valence-electron chi connectivity index (χ4n) is 3.58. The van der Waals surface area contributed by atoms with E-state index in [1.807, 2.05) is 12.1 Å². The van der Waals surface area contributed by atoms with Crippen molar-refractivity contribution < 1.29 is 5.11 Å². The Balaban J connectivity index is 2.06. The monoisotopic (exact) mass is 364 g/mol. The maximum atomic E-state index is 10.6. The molecule has 0 bridgehead atoms. The van der Waals surface area contributed by atoms with E-state index in [1.165, 1.54) is 11.1 Å². The van der Waals surface area contributed by atoms with Crippen LogP contribution in [0.3, 0.4) is 0 Å². The number of aromatic hydroxyl groups is 1. The molecule has 0 heterocycles. The van der Waals surface area contributed by atoms with Crippen LogP contribution in [0.4, 0.5) is 0 Å². The quantitative estimate of drug-likeness (QED) is 0.558. The van der Waals surface area contributed by atoms with Crippen molar-refractivity contribution in [3.05, 3.63) is 81.8 Å². The molecule has 0 aromatic heterocycles. The van der Waals surface area contributed by atoms with E-state index in [4.69, 9.17) is 0 Å². The zero-order valence-electron chi connectivity index (χ0n) is 13.1. The molecule has 1 N–H and O–H groups in total. The van der Waals surface area contributed by atoms with Gasteiger partial charge in [-0.1, -0.05) is 72.3 Å². The number of allylic oxidation sites excluding steroid dienone is 1. The van der Waals surface area contributed by atoms with Crippen LogP contribution >= 0.6 is 15.9 Å². The van der Waals surface area contributed by atoms with Crippen molar-refractivity contribution in [2.24, 2.45) is 0 Å². The third-order valence-electron chi connectivity index (χ3n) is 4.65. The van der Waals surface area contributed by atoms with E-state index in [9.17, 15) is 5.11 Å². The summed E-state index contributed by atoms with van der Waals surface area (Å²) in [4.78, 5) is 0. The van der Waals surface area contributed by atoms with Crippen molar-refractivity contribution >= 4 is 32.3 Å². The molecular weight excluding hydrogens is 348 g/mol. The van der Waals surface area contributed by atoms with Crippen LogP contribution in [0.25, 0.3) is 16.3 Å². The molecule has 2 heteroatoms. The summed E-state index contributed by atoms with van der Waals surface area (Å²) in [5.41, 5.74) is 4.53. The fourth-order valence-corrected chi connectivity index (χ4v) is 3.95. The minimum Gasteiger partial charge on any atom is -0.507 e. The first-order valence-corrected chi connectivity index (χ1v) is 8.51. The Bertz CT molecular complexity index is 967. The van der Waals surface area contributed by atoms with Crippen molar-refractivity contribution in [3.8, 4) is 5.75 Å². The molecule has 0 aliphatic heterocycles. The van der Waals surface area contributed by atoms with E-state index in [0.717, 1.165) is 26.4 Å². The Morgan fingerprint density at radius 2 is 1.74 bits per heavy atom. The first-order chi connectivity index (χ1) is 11.0. The lowest BCUT2D eigenvalue weighted by atomic mass is 9.87. The average Bonchev–Trinajstić information content (AvgIpc) is 2.79. The van der Waals surface area contributed by atoms with E-state index in [0.29, 0.717) is 5.75 Å². The second kappa shape index (κ2) is 4.97. The van der Waals surface area contributed by atoms with Gasteiger partial charge >= 0.3 is 0 Å². The summed E-state index contributed by atoms with van der Waals surface area (Å²) in [6.07, 6.45) is 2.27. The van der Waals surface area contributed by atoms with Gasteiger partial charge in [0.2, 0.25) is 0 Å². The molecule has 0 atom stereocenters. The van der Waals surface area contributed by atoms with Crippen LogP contribution in [0.15, 0.2) is 65.1 Å². The molecule has 0 radical (unpaired) electrons. The van der Waals surface area contributed by atoms with E-state index in [-0.39, 0.29) is 5.41 Å². The smallest absolute Gasteiger partial charge is 0.124 e. The summed E-state index contributed by atoms with van der Waals surface area (Å²) >= 11 is 3.53. The molecule has 0 saturated heterocycles. The number of fused-ring (bicyclic) bond motifs is 2. The normalized spacial score (nSPS) is 15.5. The summed E-state index contributed by atoms with van der Waals surface area (Å²) in [6.45, 7) is 4.44. The Hall–Kier alpha value is -2.06. The van der Waals surface area contributed by atoms with E-state index in [2.05, 4.69) is 72.3 Å². The minimum absolute atomic E-state index is 0.0319. The van der Waals surface area contributed by atoms with Gasteiger partial charge in [0, 0.05) is 15.5 Å². The highest BCUT2D eigenvalue weighted by Crippen LogP contribution is 2.47. The molecule has 3 aromatic rings. The third-order valence-corrected chi connectivity index (χ3v) is 5.14. The second-order valence-corrected chi connectivity index (χ2v) is 7.57. The van der Waals surface area contributed by atoms with Gasteiger partial charge in [0.1, 0.15) is 5.75 Å². The molecule has 0 unspecified atom stereocenters. The summed E-state index contributed by atoms with van der Waals surface area (Å²) in [5.74, 6) is 0.332. The molecule has 4 rings (SSSR count). The largest absolute Gasteiger partial charge is 0.507 e. The molecule has 3 aromatic carbocycles. The zero-order valence-corrected chi connectivity index (χ0v) is 14.7. The van der Waals surface area contributed by atoms with Gasteiger partial charge in [0.15, 0.2) is 0 Å². The van der Waals surface area contributed by atoms with Crippen LogP contribution in [-0.2, 0) is 5.41 Å². The number of rotatable bonds is 1. The van der Waals surface area contributed by atoms with Gasteiger partial charge < -0.3 is 5.11 Å². The van der Waals surface area contributed by atoms with Crippen molar-refractivity contribution in [3.63, 3.8) is 0 Å². The standard InChI is InChI=1S/C21H17BrO/c1-21(2)12-17(16-5-3-4-6-18(16)21)20-15-9-8-14(22)11-13(15)7-10-19(20)23/h3-12,23H,1-2H3.